The van der Waals surface area contributed by atoms with Gasteiger partial charge in [0.05, 0.1) is 5.60 Å². The van der Waals surface area contributed by atoms with Gasteiger partial charge in [-0.25, -0.2) is 0 Å². The van der Waals surface area contributed by atoms with Crippen LogP contribution in [0.5, 0.6) is 0 Å². The summed E-state index contributed by atoms with van der Waals surface area (Å²) in [5, 5.41) is 10.7. The largest absolute Gasteiger partial charge is 0.388 e. The summed E-state index contributed by atoms with van der Waals surface area (Å²) in [5.74, 6) is 0. The highest BCUT2D eigenvalue weighted by atomic mass is 16.3. The first-order chi connectivity index (χ1) is 7.33. The van der Waals surface area contributed by atoms with Crippen molar-refractivity contribution < 1.29 is 5.11 Å². The summed E-state index contributed by atoms with van der Waals surface area (Å²) in [6, 6.07) is -0.0643. The highest BCUT2D eigenvalue weighted by Crippen LogP contribution is 2.33. The van der Waals surface area contributed by atoms with E-state index in [0.29, 0.717) is 0 Å². The van der Waals surface area contributed by atoms with Crippen LogP contribution in [0.15, 0.2) is 0 Å². The van der Waals surface area contributed by atoms with Gasteiger partial charge in [0.2, 0.25) is 0 Å². The molecule has 0 spiro atoms. The lowest BCUT2D eigenvalue weighted by molar-refractivity contribution is -0.0205. The van der Waals surface area contributed by atoms with E-state index in [4.69, 9.17) is 5.73 Å². The number of nitrogens with two attached hydrogens (primary N) is 1. The molecule has 0 heterocycles. The van der Waals surface area contributed by atoms with Crippen LogP contribution in [0.3, 0.4) is 0 Å². The second-order valence-corrected chi connectivity index (χ2v) is 6.74. The SMILES string of the molecule is CC(C)(C)CC(N)C1(O)CCCCCCC1. The third kappa shape index (κ3) is 4.42. The first kappa shape index (κ1) is 14.0. The normalized spacial score (nSPS) is 24.6. The summed E-state index contributed by atoms with van der Waals surface area (Å²) in [6.07, 6.45) is 8.79. The maximum absolute atomic E-state index is 10.7. The van der Waals surface area contributed by atoms with Crippen molar-refractivity contribution in [2.24, 2.45) is 11.1 Å². The minimum atomic E-state index is -0.603. The van der Waals surface area contributed by atoms with Crippen LogP contribution in [0.2, 0.25) is 0 Å². The Hall–Kier alpha value is -0.0800. The molecule has 0 aromatic carbocycles. The van der Waals surface area contributed by atoms with Gasteiger partial charge in [-0.2, -0.15) is 0 Å². The third-order valence-electron chi connectivity index (χ3n) is 3.74. The molecule has 1 aliphatic rings. The topological polar surface area (TPSA) is 46.2 Å². The van der Waals surface area contributed by atoms with Crippen molar-refractivity contribution in [3.63, 3.8) is 0 Å². The maximum atomic E-state index is 10.7. The summed E-state index contributed by atoms with van der Waals surface area (Å²) in [5.41, 5.74) is 5.84. The van der Waals surface area contributed by atoms with Crippen LogP contribution in [0, 0.1) is 5.41 Å². The fraction of sp³-hybridized carbons (Fsp3) is 1.00. The fourth-order valence-electron chi connectivity index (χ4n) is 2.74. The van der Waals surface area contributed by atoms with Crippen molar-refractivity contribution >= 4 is 0 Å². The zero-order valence-corrected chi connectivity index (χ0v) is 11.3. The van der Waals surface area contributed by atoms with E-state index in [9.17, 15) is 5.11 Å². The molecule has 2 heteroatoms. The Balaban J connectivity index is 2.58. The monoisotopic (exact) mass is 227 g/mol. The van der Waals surface area contributed by atoms with Gasteiger partial charge < -0.3 is 10.8 Å². The molecule has 3 N–H and O–H groups in total. The van der Waals surface area contributed by atoms with E-state index in [-0.39, 0.29) is 11.5 Å². The van der Waals surface area contributed by atoms with Crippen LogP contribution in [-0.2, 0) is 0 Å². The predicted octanol–water partition coefficient (Wildman–Crippen LogP) is 3.23. The van der Waals surface area contributed by atoms with Gasteiger partial charge in [-0.15, -0.1) is 0 Å². The molecular weight excluding hydrogens is 198 g/mol. The van der Waals surface area contributed by atoms with Crippen molar-refractivity contribution in [1.82, 2.24) is 0 Å². The smallest absolute Gasteiger partial charge is 0.0798 e. The third-order valence-corrected chi connectivity index (χ3v) is 3.74. The molecule has 0 aromatic rings. The highest BCUT2D eigenvalue weighted by molar-refractivity contribution is 4.92. The number of hydrogen-bond acceptors (Lipinski definition) is 2. The van der Waals surface area contributed by atoms with Crippen molar-refractivity contribution in [1.29, 1.82) is 0 Å². The van der Waals surface area contributed by atoms with Crippen LogP contribution in [0.4, 0.5) is 0 Å². The van der Waals surface area contributed by atoms with Crippen molar-refractivity contribution in [3.8, 4) is 0 Å². The minimum Gasteiger partial charge on any atom is -0.388 e. The lowest BCUT2D eigenvalue weighted by Crippen LogP contribution is -2.50. The van der Waals surface area contributed by atoms with Crippen molar-refractivity contribution in [3.05, 3.63) is 0 Å². The van der Waals surface area contributed by atoms with E-state index in [0.717, 1.165) is 32.1 Å². The average molecular weight is 227 g/mol. The van der Waals surface area contributed by atoms with Gasteiger partial charge in [-0.05, 0) is 24.7 Å². The van der Waals surface area contributed by atoms with Crippen LogP contribution in [-0.4, -0.2) is 16.7 Å². The van der Waals surface area contributed by atoms with Crippen LogP contribution >= 0.6 is 0 Å². The molecule has 1 unspecified atom stereocenters. The predicted molar refractivity (Wildman–Crippen MR) is 69.3 cm³/mol. The van der Waals surface area contributed by atoms with Crippen molar-refractivity contribution in [2.45, 2.75) is 83.8 Å². The van der Waals surface area contributed by atoms with Gasteiger partial charge in [0.1, 0.15) is 0 Å². The summed E-state index contributed by atoms with van der Waals surface area (Å²) < 4.78 is 0. The fourth-order valence-corrected chi connectivity index (χ4v) is 2.74. The highest BCUT2D eigenvalue weighted by Gasteiger charge is 2.35. The van der Waals surface area contributed by atoms with Crippen molar-refractivity contribution in [2.75, 3.05) is 0 Å². The molecular formula is C14H29NO. The Bertz CT molecular complexity index is 199. The van der Waals surface area contributed by atoms with E-state index in [1.807, 2.05) is 0 Å². The molecule has 96 valence electrons. The Kier molecular flexibility index (Phi) is 4.81. The number of aliphatic hydroxyl groups is 1. The lowest BCUT2D eigenvalue weighted by atomic mass is 9.75. The summed E-state index contributed by atoms with van der Waals surface area (Å²) in [4.78, 5) is 0. The Morgan fingerprint density at radius 3 is 1.94 bits per heavy atom. The van der Waals surface area contributed by atoms with E-state index >= 15 is 0 Å². The molecule has 16 heavy (non-hydrogen) atoms. The molecule has 0 aliphatic heterocycles. The van der Waals surface area contributed by atoms with Gasteiger partial charge in [0.25, 0.3) is 0 Å². The minimum absolute atomic E-state index is 0.0643. The van der Waals surface area contributed by atoms with Gasteiger partial charge in [-0.1, -0.05) is 52.9 Å². The standard InChI is InChI=1S/C14H29NO/c1-13(2,3)11-12(15)14(16)9-7-5-4-6-8-10-14/h12,16H,4-11,15H2,1-3H3. The Morgan fingerprint density at radius 2 is 1.50 bits per heavy atom. The molecule has 2 nitrogen and oxygen atoms in total. The molecule has 1 saturated carbocycles. The number of rotatable bonds is 2. The zero-order chi connectivity index (χ0) is 12.2. The van der Waals surface area contributed by atoms with Gasteiger partial charge in [0, 0.05) is 6.04 Å². The van der Waals surface area contributed by atoms with E-state index in [1.54, 1.807) is 0 Å². The first-order valence-corrected chi connectivity index (χ1v) is 6.81. The van der Waals surface area contributed by atoms with Gasteiger partial charge in [-0.3, -0.25) is 0 Å². The van der Waals surface area contributed by atoms with Crippen LogP contribution in [0.1, 0.15) is 72.1 Å². The second kappa shape index (κ2) is 5.50. The number of hydrogen-bond donors (Lipinski definition) is 2. The van der Waals surface area contributed by atoms with Crippen LogP contribution < -0.4 is 5.73 Å². The summed E-state index contributed by atoms with van der Waals surface area (Å²) in [7, 11) is 0. The molecule has 1 fully saturated rings. The molecule has 1 atom stereocenters. The maximum Gasteiger partial charge on any atom is 0.0798 e. The average Bonchev–Trinajstić information content (AvgIpc) is 2.08. The van der Waals surface area contributed by atoms with E-state index in [1.165, 1.54) is 19.3 Å². The molecule has 0 bridgehead atoms. The summed E-state index contributed by atoms with van der Waals surface area (Å²) in [6.45, 7) is 6.58. The molecule has 0 amide bonds. The zero-order valence-electron chi connectivity index (χ0n) is 11.3. The molecule has 0 saturated heterocycles. The summed E-state index contributed by atoms with van der Waals surface area (Å²) >= 11 is 0. The Morgan fingerprint density at radius 1 is 1.06 bits per heavy atom. The molecule has 1 rings (SSSR count). The van der Waals surface area contributed by atoms with Gasteiger partial charge >= 0.3 is 0 Å². The molecule has 0 radical (unpaired) electrons. The van der Waals surface area contributed by atoms with Gasteiger partial charge in [0.15, 0.2) is 0 Å². The quantitative estimate of drug-likeness (QED) is 0.761. The second-order valence-electron chi connectivity index (χ2n) is 6.74. The molecule has 0 aromatic heterocycles. The Labute approximate surface area is 101 Å². The lowest BCUT2D eigenvalue weighted by Gasteiger charge is -2.38. The van der Waals surface area contributed by atoms with E-state index < -0.39 is 5.60 Å². The van der Waals surface area contributed by atoms with Crippen LogP contribution in [0.25, 0.3) is 0 Å². The van der Waals surface area contributed by atoms with E-state index in [2.05, 4.69) is 20.8 Å². The first-order valence-electron chi connectivity index (χ1n) is 6.81. The molecule has 1 aliphatic carbocycles.